The van der Waals surface area contributed by atoms with E-state index in [4.69, 9.17) is 11.6 Å². The van der Waals surface area contributed by atoms with Crippen molar-refractivity contribution in [1.29, 1.82) is 5.26 Å². The Bertz CT molecular complexity index is 1570. The molecule has 1 aliphatic carbocycles. The number of halogens is 5. The topological polar surface area (TPSA) is 106 Å². The fourth-order valence-electron chi connectivity index (χ4n) is 5.12. The number of allylic oxidation sites excluding steroid dienone is 2. The number of nitriles is 1. The molecule has 8 nitrogen and oxygen atoms in total. The van der Waals surface area contributed by atoms with Crippen LogP contribution >= 0.6 is 11.6 Å². The Morgan fingerprint density at radius 3 is 2.50 bits per heavy atom. The summed E-state index contributed by atoms with van der Waals surface area (Å²) in [6.07, 6.45) is 2.84. The lowest BCUT2D eigenvalue weighted by Gasteiger charge is -2.54. The van der Waals surface area contributed by atoms with E-state index in [-0.39, 0.29) is 34.1 Å². The summed E-state index contributed by atoms with van der Waals surface area (Å²) in [5.41, 5.74) is -0.196. The standard InChI is InChI=1S/C26H22ClF4N5O3S/c27-19-5-1-2-6-23(19)35-10-3-4-16(15-32)26(35,33-17-13-25(30,31)14-17)36(18-7-8-20(28)21(29)12-18)24(37)22-9-11-40(38,39)34-22/h1-8,10,12,17,22,33-34H,9,11,13-14H2/t22-,26+/m0/s1. The minimum absolute atomic E-state index is 0.160. The van der Waals surface area contributed by atoms with E-state index >= 15 is 0 Å². The average molecular weight is 596 g/mol. The number of nitrogens with zero attached hydrogens (tertiary/aromatic N) is 3. The Hall–Kier alpha value is -3.44. The van der Waals surface area contributed by atoms with Crippen molar-refractivity contribution in [3.8, 4) is 6.07 Å². The molecule has 1 amide bonds. The average Bonchev–Trinajstić information content (AvgIpc) is 3.25. The number of sulfonamides is 1. The predicted molar refractivity (Wildman–Crippen MR) is 140 cm³/mol. The molecule has 0 bridgehead atoms. The lowest BCUT2D eigenvalue weighted by molar-refractivity contribution is -0.122. The fourth-order valence-corrected chi connectivity index (χ4v) is 6.66. The third-order valence-electron chi connectivity index (χ3n) is 6.95. The number of para-hydroxylation sites is 1. The highest BCUT2D eigenvalue weighted by molar-refractivity contribution is 7.89. The molecule has 0 radical (unpaired) electrons. The molecule has 2 aromatic carbocycles. The van der Waals surface area contributed by atoms with E-state index in [1.807, 2.05) is 6.07 Å². The van der Waals surface area contributed by atoms with Gasteiger partial charge in [-0.1, -0.05) is 23.7 Å². The molecule has 2 aromatic rings. The molecule has 5 rings (SSSR count). The van der Waals surface area contributed by atoms with Gasteiger partial charge in [-0.2, -0.15) is 5.26 Å². The molecule has 0 aromatic heterocycles. The van der Waals surface area contributed by atoms with Crippen LogP contribution < -0.4 is 19.8 Å². The second kappa shape index (κ2) is 10.2. The number of benzene rings is 2. The van der Waals surface area contributed by atoms with Gasteiger partial charge in [-0.25, -0.2) is 30.7 Å². The van der Waals surface area contributed by atoms with Crippen LogP contribution in [0.2, 0.25) is 5.02 Å². The number of nitrogens with one attached hydrogen (secondary N) is 2. The van der Waals surface area contributed by atoms with E-state index in [9.17, 15) is 36.0 Å². The Labute approximate surface area is 232 Å². The lowest BCUT2D eigenvalue weighted by atomic mass is 9.86. The van der Waals surface area contributed by atoms with Gasteiger partial charge in [0.1, 0.15) is 12.1 Å². The molecular weight excluding hydrogens is 574 g/mol. The van der Waals surface area contributed by atoms with Crippen molar-refractivity contribution >= 4 is 38.9 Å². The second-order valence-electron chi connectivity index (χ2n) is 9.68. The zero-order valence-corrected chi connectivity index (χ0v) is 22.2. The number of carbonyl (C=O) groups excluding carboxylic acids is 1. The summed E-state index contributed by atoms with van der Waals surface area (Å²) in [6, 6.07) is 8.62. The highest BCUT2D eigenvalue weighted by Gasteiger charge is 2.57. The maximum Gasteiger partial charge on any atom is 0.251 e. The summed E-state index contributed by atoms with van der Waals surface area (Å²) >= 11 is 6.52. The number of amides is 1. The zero-order chi connectivity index (χ0) is 28.9. The van der Waals surface area contributed by atoms with E-state index in [1.165, 1.54) is 29.3 Å². The van der Waals surface area contributed by atoms with Gasteiger partial charge in [0, 0.05) is 31.1 Å². The molecule has 2 fully saturated rings. The monoisotopic (exact) mass is 595 g/mol. The summed E-state index contributed by atoms with van der Waals surface area (Å²) in [7, 11) is -3.82. The lowest BCUT2D eigenvalue weighted by Crippen LogP contribution is -2.76. The first-order valence-electron chi connectivity index (χ1n) is 12.1. The van der Waals surface area contributed by atoms with Crippen molar-refractivity contribution in [3.05, 3.63) is 83.0 Å². The molecule has 3 aliphatic rings. The van der Waals surface area contributed by atoms with Crippen LogP contribution in [0.4, 0.5) is 28.9 Å². The van der Waals surface area contributed by atoms with Gasteiger partial charge in [0.2, 0.25) is 21.7 Å². The zero-order valence-electron chi connectivity index (χ0n) is 20.6. The fraction of sp³-hybridized carbons (Fsp3) is 0.308. The molecule has 14 heteroatoms. The van der Waals surface area contributed by atoms with Crippen LogP contribution in [0.5, 0.6) is 0 Å². The first kappa shape index (κ1) is 28.1. The van der Waals surface area contributed by atoms with Gasteiger partial charge >= 0.3 is 0 Å². The number of hydrogen-bond donors (Lipinski definition) is 2. The molecular formula is C26H22ClF4N5O3S. The summed E-state index contributed by atoms with van der Waals surface area (Å²) in [5.74, 6) is -9.01. The molecule has 1 saturated carbocycles. The van der Waals surface area contributed by atoms with Crippen molar-refractivity contribution in [2.75, 3.05) is 15.6 Å². The molecule has 210 valence electrons. The van der Waals surface area contributed by atoms with Crippen LogP contribution in [-0.2, 0) is 14.8 Å². The van der Waals surface area contributed by atoms with Gasteiger partial charge in [0.15, 0.2) is 11.6 Å². The second-order valence-corrected chi connectivity index (χ2v) is 12.0. The molecule has 40 heavy (non-hydrogen) atoms. The van der Waals surface area contributed by atoms with Crippen LogP contribution in [0.25, 0.3) is 0 Å². The summed E-state index contributed by atoms with van der Waals surface area (Å²) in [5, 5.41) is 13.5. The van der Waals surface area contributed by atoms with Gasteiger partial charge in [0.25, 0.3) is 5.92 Å². The van der Waals surface area contributed by atoms with Crippen LogP contribution in [-0.4, -0.2) is 43.9 Å². The van der Waals surface area contributed by atoms with Crippen molar-refractivity contribution in [3.63, 3.8) is 0 Å². The maximum atomic E-state index is 14.6. The number of anilines is 2. The Balaban J connectivity index is 1.78. The van der Waals surface area contributed by atoms with E-state index in [2.05, 4.69) is 10.0 Å². The van der Waals surface area contributed by atoms with E-state index in [1.54, 1.807) is 18.2 Å². The largest absolute Gasteiger partial charge is 0.306 e. The summed E-state index contributed by atoms with van der Waals surface area (Å²) < 4.78 is 83.4. The van der Waals surface area contributed by atoms with Crippen LogP contribution in [0.1, 0.15) is 19.3 Å². The Morgan fingerprint density at radius 2 is 1.90 bits per heavy atom. The predicted octanol–water partition coefficient (Wildman–Crippen LogP) is 4.17. The first-order valence-corrected chi connectivity index (χ1v) is 14.2. The minimum Gasteiger partial charge on any atom is -0.306 e. The smallest absolute Gasteiger partial charge is 0.251 e. The SMILES string of the molecule is N#CC1=CC=CN(c2ccccc2Cl)[C@@]1(NC1CC(F)(F)C1)N(C(=O)[C@@H]1CCS(=O)(=O)N1)c1ccc(F)c(F)c1. The van der Waals surface area contributed by atoms with Gasteiger partial charge in [-0.3, -0.25) is 15.0 Å². The normalized spacial score (nSPS) is 25.1. The molecule has 2 N–H and O–H groups in total. The summed E-state index contributed by atoms with van der Waals surface area (Å²) in [4.78, 5) is 16.5. The minimum atomic E-state index is -3.82. The van der Waals surface area contributed by atoms with Crippen molar-refractivity contribution in [1.82, 2.24) is 10.0 Å². The highest BCUT2D eigenvalue weighted by Crippen LogP contribution is 2.45. The maximum absolute atomic E-state index is 14.6. The van der Waals surface area contributed by atoms with Crippen LogP contribution in [0.3, 0.4) is 0 Å². The molecule has 2 atom stereocenters. The number of hydrogen-bond acceptors (Lipinski definition) is 6. The van der Waals surface area contributed by atoms with Gasteiger partial charge in [-0.05, 0) is 42.8 Å². The molecule has 1 saturated heterocycles. The number of carbonyl (C=O) groups is 1. The number of alkyl halides is 2. The van der Waals surface area contributed by atoms with Crippen LogP contribution in [0, 0.1) is 23.0 Å². The van der Waals surface area contributed by atoms with Crippen LogP contribution in [0.15, 0.2) is 66.4 Å². The van der Waals surface area contributed by atoms with Crippen molar-refractivity contribution < 1.29 is 30.8 Å². The quantitative estimate of drug-likeness (QED) is 0.384. The van der Waals surface area contributed by atoms with Gasteiger partial charge in [-0.15, -0.1) is 0 Å². The van der Waals surface area contributed by atoms with E-state index < -0.39 is 64.2 Å². The third-order valence-corrected chi connectivity index (χ3v) is 8.69. The van der Waals surface area contributed by atoms with E-state index in [0.717, 1.165) is 17.0 Å². The number of rotatable bonds is 6. The molecule has 2 heterocycles. The van der Waals surface area contributed by atoms with Crippen molar-refractivity contribution in [2.24, 2.45) is 0 Å². The Morgan fingerprint density at radius 1 is 1.18 bits per heavy atom. The Kier molecular flexibility index (Phi) is 7.16. The first-order chi connectivity index (χ1) is 18.9. The van der Waals surface area contributed by atoms with Gasteiger partial charge in [0.05, 0.1) is 27.7 Å². The highest BCUT2D eigenvalue weighted by atomic mass is 35.5. The molecule has 2 aliphatic heterocycles. The molecule has 0 unspecified atom stereocenters. The van der Waals surface area contributed by atoms with E-state index in [0.29, 0.717) is 6.07 Å². The summed E-state index contributed by atoms with van der Waals surface area (Å²) in [6.45, 7) is 0. The molecule has 0 spiro atoms. The van der Waals surface area contributed by atoms with Gasteiger partial charge < -0.3 is 4.90 Å². The van der Waals surface area contributed by atoms with Crippen molar-refractivity contribution in [2.45, 2.75) is 43.1 Å². The third kappa shape index (κ3) is 4.96.